The van der Waals surface area contributed by atoms with Crippen LogP contribution in [0.15, 0.2) is 54.6 Å². The Kier molecular flexibility index (Phi) is 7.60. The standard InChI is InChI=1S/C24H27NO5/c1-17-7-5-6-10-21(17)25-22(26)15-30-23(27)16-29-20-13-11-19(12-14-20)24(28)18-8-3-2-4-9-18/h2-4,8-9,11-14,17,21H,5-7,10,15-16H2,1H3,(H,25,26)/t17-,21+/m0/s1. The lowest BCUT2D eigenvalue weighted by Gasteiger charge is -2.29. The van der Waals surface area contributed by atoms with Crippen molar-refractivity contribution in [3.8, 4) is 5.75 Å². The number of ether oxygens (including phenoxy) is 2. The maximum absolute atomic E-state index is 12.4. The fraction of sp³-hybridized carbons (Fsp3) is 0.375. The van der Waals surface area contributed by atoms with Gasteiger partial charge >= 0.3 is 5.97 Å². The molecule has 1 saturated carbocycles. The van der Waals surface area contributed by atoms with Crippen LogP contribution in [0.5, 0.6) is 5.75 Å². The van der Waals surface area contributed by atoms with Crippen molar-refractivity contribution >= 4 is 17.7 Å². The van der Waals surface area contributed by atoms with Crippen LogP contribution < -0.4 is 10.1 Å². The van der Waals surface area contributed by atoms with Crippen molar-refractivity contribution in [1.82, 2.24) is 5.32 Å². The van der Waals surface area contributed by atoms with Crippen molar-refractivity contribution in [2.75, 3.05) is 13.2 Å². The fourth-order valence-corrected chi connectivity index (χ4v) is 3.57. The highest BCUT2D eigenvalue weighted by atomic mass is 16.6. The first-order valence-electron chi connectivity index (χ1n) is 10.3. The molecule has 3 rings (SSSR count). The summed E-state index contributed by atoms with van der Waals surface area (Å²) in [5.41, 5.74) is 1.14. The summed E-state index contributed by atoms with van der Waals surface area (Å²) in [6, 6.07) is 15.7. The van der Waals surface area contributed by atoms with Crippen LogP contribution in [-0.4, -0.2) is 36.9 Å². The number of nitrogens with one attached hydrogen (secondary N) is 1. The smallest absolute Gasteiger partial charge is 0.344 e. The Labute approximate surface area is 176 Å². The number of rotatable bonds is 8. The lowest BCUT2D eigenvalue weighted by Crippen LogP contribution is -2.43. The molecule has 0 heterocycles. The number of carbonyl (C=O) groups is 3. The van der Waals surface area contributed by atoms with Crippen LogP contribution in [0.25, 0.3) is 0 Å². The molecule has 0 aromatic heterocycles. The van der Waals surface area contributed by atoms with E-state index >= 15 is 0 Å². The van der Waals surface area contributed by atoms with Gasteiger partial charge in [-0.25, -0.2) is 4.79 Å². The molecule has 6 heteroatoms. The Hall–Kier alpha value is -3.15. The first-order valence-corrected chi connectivity index (χ1v) is 10.3. The largest absolute Gasteiger partial charge is 0.482 e. The van der Waals surface area contributed by atoms with Gasteiger partial charge in [-0.2, -0.15) is 0 Å². The minimum Gasteiger partial charge on any atom is -0.482 e. The average Bonchev–Trinajstić information content (AvgIpc) is 2.78. The Morgan fingerprint density at radius 2 is 1.57 bits per heavy atom. The molecule has 2 aromatic rings. The number of esters is 1. The lowest BCUT2D eigenvalue weighted by atomic mass is 9.86. The number of carbonyl (C=O) groups excluding carboxylic acids is 3. The van der Waals surface area contributed by atoms with Gasteiger partial charge in [-0.05, 0) is 43.0 Å². The molecule has 1 aliphatic carbocycles. The summed E-state index contributed by atoms with van der Waals surface area (Å²) in [7, 11) is 0. The van der Waals surface area contributed by atoms with Gasteiger partial charge in [0.1, 0.15) is 5.75 Å². The topological polar surface area (TPSA) is 81.7 Å². The van der Waals surface area contributed by atoms with Gasteiger partial charge in [-0.3, -0.25) is 9.59 Å². The second kappa shape index (κ2) is 10.6. The molecule has 1 N–H and O–H groups in total. The zero-order chi connectivity index (χ0) is 21.3. The van der Waals surface area contributed by atoms with Crippen molar-refractivity contribution in [1.29, 1.82) is 0 Å². The summed E-state index contributed by atoms with van der Waals surface area (Å²) in [4.78, 5) is 36.2. The lowest BCUT2D eigenvalue weighted by molar-refractivity contribution is -0.150. The number of hydrogen-bond donors (Lipinski definition) is 1. The summed E-state index contributed by atoms with van der Waals surface area (Å²) in [6.07, 6.45) is 4.38. The highest BCUT2D eigenvalue weighted by Gasteiger charge is 2.23. The van der Waals surface area contributed by atoms with E-state index in [0.29, 0.717) is 22.8 Å². The van der Waals surface area contributed by atoms with E-state index in [1.165, 1.54) is 6.42 Å². The van der Waals surface area contributed by atoms with Crippen molar-refractivity contribution in [2.24, 2.45) is 5.92 Å². The van der Waals surface area contributed by atoms with E-state index in [4.69, 9.17) is 9.47 Å². The molecule has 2 atom stereocenters. The minimum atomic E-state index is -0.619. The molecule has 0 radical (unpaired) electrons. The second-order valence-electron chi connectivity index (χ2n) is 7.60. The van der Waals surface area contributed by atoms with E-state index in [0.717, 1.165) is 19.3 Å². The molecule has 0 saturated heterocycles. The highest BCUT2D eigenvalue weighted by Crippen LogP contribution is 2.23. The van der Waals surface area contributed by atoms with Gasteiger partial charge in [0.25, 0.3) is 5.91 Å². The molecular weight excluding hydrogens is 382 g/mol. The van der Waals surface area contributed by atoms with Gasteiger partial charge in [0.2, 0.25) is 0 Å². The summed E-state index contributed by atoms with van der Waals surface area (Å²) in [5.74, 6) is -0.104. The van der Waals surface area contributed by atoms with E-state index in [2.05, 4.69) is 12.2 Å². The Morgan fingerprint density at radius 3 is 2.27 bits per heavy atom. The predicted molar refractivity (Wildman–Crippen MR) is 112 cm³/mol. The zero-order valence-electron chi connectivity index (χ0n) is 17.1. The molecule has 0 bridgehead atoms. The van der Waals surface area contributed by atoms with Gasteiger partial charge in [-0.15, -0.1) is 0 Å². The third-order valence-electron chi connectivity index (χ3n) is 5.33. The van der Waals surface area contributed by atoms with Crippen LogP contribution in [0, 0.1) is 5.92 Å². The molecule has 1 amide bonds. The summed E-state index contributed by atoms with van der Waals surface area (Å²) < 4.78 is 10.4. The Bertz CT molecular complexity index is 863. The fourth-order valence-electron chi connectivity index (χ4n) is 3.57. The number of hydrogen-bond acceptors (Lipinski definition) is 5. The third-order valence-corrected chi connectivity index (χ3v) is 5.33. The Balaban J connectivity index is 1.40. The van der Waals surface area contributed by atoms with Crippen LogP contribution in [0.1, 0.15) is 48.5 Å². The van der Waals surface area contributed by atoms with Crippen LogP contribution in [0.2, 0.25) is 0 Å². The van der Waals surface area contributed by atoms with Crippen LogP contribution >= 0.6 is 0 Å². The SMILES string of the molecule is C[C@H]1CCCC[C@H]1NC(=O)COC(=O)COc1ccc(C(=O)c2ccccc2)cc1. The summed E-state index contributed by atoms with van der Waals surface area (Å²) in [5, 5.41) is 2.94. The van der Waals surface area contributed by atoms with Crippen LogP contribution in [0.4, 0.5) is 0 Å². The van der Waals surface area contributed by atoms with E-state index in [9.17, 15) is 14.4 Å². The van der Waals surface area contributed by atoms with Gasteiger partial charge in [0.05, 0.1) is 0 Å². The predicted octanol–water partition coefficient (Wildman–Crippen LogP) is 3.53. The first-order chi connectivity index (χ1) is 14.5. The molecule has 0 aliphatic heterocycles. The molecule has 30 heavy (non-hydrogen) atoms. The van der Waals surface area contributed by atoms with Crippen molar-refractivity contribution < 1.29 is 23.9 Å². The first kappa shape index (κ1) is 21.6. The zero-order valence-corrected chi connectivity index (χ0v) is 17.1. The molecule has 0 spiro atoms. The van der Waals surface area contributed by atoms with Crippen molar-refractivity contribution in [3.05, 3.63) is 65.7 Å². The Morgan fingerprint density at radius 1 is 0.900 bits per heavy atom. The molecular formula is C24H27NO5. The maximum atomic E-state index is 12.4. The second-order valence-corrected chi connectivity index (χ2v) is 7.60. The normalized spacial score (nSPS) is 18.3. The monoisotopic (exact) mass is 409 g/mol. The van der Waals surface area contributed by atoms with Gasteiger partial charge < -0.3 is 14.8 Å². The van der Waals surface area contributed by atoms with Gasteiger partial charge in [-0.1, -0.05) is 50.1 Å². The number of benzene rings is 2. The van der Waals surface area contributed by atoms with E-state index in [-0.39, 0.29) is 30.9 Å². The van der Waals surface area contributed by atoms with Gasteiger partial charge in [0, 0.05) is 17.2 Å². The van der Waals surface area contributed by atoms with Gasteiger partial charge in [0.15, 0.2) is 19.0 Å². The van der Waals surface area contributed by atoms with Crippen molar-refractivity contribution in [3.63, 3.8) is 0 Å². The van der Waals surface area contributed by atoms with Crippen LogP contribution in [-0.2, 0) is 14.3 Å². The van der Waals surface area contributed by atoms with E-state index in [1.54, 1.807) is 36.4 Å². The summed E-state index contributed by atoms with van der Waals surface area (Å²) in [6.45, 7) is 1.51. The quantitative estimate of drug-likeness (QED) is 0.533. The third kappa shape index (κ3) is 6.17. The molecule has 0 unspecified atom stereocenters. The minimum absolute atomic E-state index is 0.0835. The van der Waals surface area contributed by atoms with Crippen LogP contribution in [0.3, 0.4) is 0 Å². The van der Waals surface area contributed by atoms with Crippen molar-refractivity contribution in [2.45, 2.75) is 38.6 Å². The number of amides is 1. The average molecular weight is 409 g/mol. The molecule has 158 valence electrons. The molecule has 2 aromatic carbocycles. The van der Waals surface area contributed by atoms with E-state index < -0.39 is 5.97 Å². The maximum Gasteiger partial charge on any atom is 0.344 e. The highest BCUT2D eigenvalue weighted by molar-refractivity contribution is 6.08. The summed E-state index contributed by atoms with van der Waals surface area (Å²) >= 11 is 0. The number of ketones is 1. The molecule has 1 fully saturated rings. The molecule has 1 aliphatic rings. The molecule has 6 nitrogen and oxygen atoms in total. The van der Waals surface area contributed by atoms with E-state index in [1.807, 2.05) is 18.2 Å².